The van der Waals surface area contributed by atoms with Gasteiger partial charge in [-0.1, -0.05) is 99.4 Å². The van der Waals surface area contributed by atoms with Crippen molar-refractivity contribution in [3.05, 3.63) is 149 Å². The molecule has 0 fully saturated rings. The van der Waals surface area contributed by atoms with Gasteiger partial charge >= 0.3 is 0 Å². The van der Waals surface area contributed by atoms with Crippen LogP contribution >= 0.6 is 11.3 Å². The lowest BCUT2D eigenvalue weighted by Crippen LogP contribution is -2.15. The Morgan fingerprint density at radius 3 is 2.42 bits per heavy atom. The van der Waals surface area contributed by atoms with Crippen molar-refractivity contribution in [1.82, 2.24) is 4.57 Å². The average Bonchev–Trinajstić information content (AvgIpc) is 3.73. The highest BCUT2D eigenvalue weighted by molar-refractivity contribution is 7.19. The summed E-state index contributed by atoms with van der Waals surface area (Å²) in [4.78, 5) is 1.54. The minimum atomic E-state index is -0.0875. The van der Waals surface area contributed by atoms with E-state index in [1.54, 1.807) is 4.88 Å². The van der Waals surface area contributed by atoms with E-state index in [2.05, 4.69) is 147 Å². The number of aromatic nitrogens is 1. The van der Waals surface area contributed by atoms with Crippen molar-refractivity contribution >= 4 is 60.6 Å². The summed E-state index contributed by atoms with van der Waals surface area (Å²) in [6.45, 7) is 10.9. The number of hydrogen-bond donors (Lipinski definition) is 0. The minimum absolute atomic E-state index is 0.0875. The Labute approximate surface area is 287 Å². The quantitative estimate of drug-likeness (QED) is 0.166. The molecule has 0 atom stereocenters. The maximum absolute atomic E-state index is 3.98. The van der Waals surface area contributed by atoms with Crippen LogP contribution in [0.25, 0.3) is 71.5 Å². The third kappa shape index (κ3) is 4.29. The molecule has 9 rings (SSSR count). The molecule has 0 amide bonds. The summed E-state index contributed by atoms with van der Waals surface area (Å²) in [6.07, 6.45) is 24.4. The first-order chi connectivity index (χ1) is 23.5. The SMILES string of the molecule is C=C/C=C(\C=C/C)c1ccc2c(c1)c1cc(-c3ccc4c(c3)C(C)(C)c3c-4ccc4sc5c(c34)C=CCC5)ccc1n2C1=CCCC=C1. The van der Waals surface area contributed by atoms with Crippen LogP contribution in [0.1, 0.15) is 67.2 Å². The lowest BCUT2D eigenvalue weighted by atomic mass is 9.79. The predicted octanol–water partition coefficient (Wildman–Crippen LogP) is 13.3. The van der Waals surface area contributed by atoms with Gasteiger partial charge in [-0.15, -0.1) is 11.3 Å². The zero-order valence-corrected chi connectivity index (χ0v) is 28.8. The van der Waals surface area contributed by atoms with Crippen molar-refractivity contribution in [2.75, 3.05) is 0 Å². The van der Waals surface area contributed by atoms with E-state index in [9.17, 15) is 0 Å². The number of allylic oxidation sites excluding steroid dienone is 10. The maximum atomic E-state index is 3.98. The Morgan fingerprint density at radius 1 is 0.833 bits per heavy atom. The first-order valence-corrected chi connectivity index (χ1v) is 18.1. The topological polar surface area (TPSA) is 4.93 Å². The summed E-state index contributed by atoms with van der Waals surface area (Å²) in [5.74, 6) is 0. The van der Waals surface area contributed by atoms with Crippen molar-refractivity contribution < 1.29 is 0 Å². The Kier molecular flexibility index (Phi) is 6.74. The van der Waals surface area contributed by atoms with E-state index >= 15 is 0 Å². The Bertz CT molecular complexity index is 2500. The average molecular weight is 638 g/mol. The smallest absolute Gasteiger partial charge is 0.0541 e. The zero-order valence-electron chi connectivity index (χ0n) is 27.9. The molecule has 2 aromatic heterocycles. The molecule has 48 heavy (non-hydrogen) atoms. The fraction of sp³-hybridized carbons (Fsp3) is 0.174. The van der Waals surface area contributed by atoms with Gasteiger partial charge in [0.25, 0.3) is 0 Å². The second-order valence-electron chi connectivity index (χ2n) is 13.9. The number of aryl methyl sites for hydroxylation is 1. The second-order valence-corrected chi connectivity index (χ2v) is 15.0. The molecule has 4 aromatic carbocycles. The number of nitrogens with zero attached hydrogens (tertiary/aromatic N) is 1. The van der Waals surface area contributed by atoms with Gasteiger partial charge < -0.3 is 4.57 Å². The van der Waals surface area contributed by atoms with Gasteiger partial charge in [0.2, 0.25) is 0 Å². The van der Waals surface area contributed by atoms with Gasteiger partial charge in [0, 0.05) is 36.8 Å². The molecule has 0 N–H and O–H groups in total. The molecule has 234 valence electrons. The molecule has 6 aromatic rings. The van der Waals surface area contributed by atoms with Gasteiger partial charge in [0.15, 0.2) is 0 Å². The lowest BCUT2D eigenvalue weighted by Gasteiger charge is -2.23. The van der Waals surface area contributed by atoms with Crippen molar-refractivity contribution in [3.8, 4) is 22.3 Å². The largest absolute Gasteiger partial charge is 0.310 e. The number of thiophene rings is 1. The van der Waals surface area contributed by atoms with E-state index in [4.69, 9.17) is 0 Å². The third-order valence-corrected chi connectivity index (χ3v) is 11.9. The van der Waals surface area contributed by atoms with Gasteiger partial charge in [-0.25, -0.2) is 0 Å². The molecule has 2 heteroatoms. The van der Waals surface area contributed by atoms with Crippen LogP contribution < -0.4 is 0 Å². The number of benzene rings is 4. The fourth-order valence-corrected chi connectivity index (χ4v) is 9.72. The van der Waals surface area contributed by atoms with Crippen molar-refractivity contribution in [2.45, 2.75) is 51.9 Å². The maximum Gasteiger partial charge on any atom is 0.0541 e. The summed E-state index contributed by atoms with van der Waals surface area (Å²) in [7, 11) is 0. The number of fused-ring (bicyclic) bond motifs is 10. The molecular formula is C46H39NS. The highest BCUT2D eigenvalue weighted by Gasteiger charge is 2.38. The summed E-state index contributed by atoms with van der Waals surface area (Å²) in [5.41, 5.74) is 15.7. The Balaban J connectivity index is 1.22. The molecule has 0 bridgehead atoms. The van der Waals surface area contributed by atoms with Gasteiger partial charge in [-0.3, -0.25) is 0 Å². The Hall–Kier alpha value is -4.92. The molecule has 3 aliphatic carbocycles. The molecular weight excluding hydrogens is 599 g/mol. The summed E-state index contributed by atoms with van der Waals surface area (Å²) >= 11 is 1.99. The zero-order chi connectivity index (χ0) is 32.6. The fourth-order valence-electron chi connectivity index (χ4n) is 8.51. The molecule has 0 unspecified atom stereocenters. The molecule has 0 saturated heterocycles. The van der Waals surface area contributed by atoms with Crippen LogP contribution in [0.15, 0.2) is 122 Å². The minimum Gasteiger partial charge on any atom is -0.310 e. The number of rotatable bonds is 5. The van der Waals surface area contributed by atoms with Crippen LogP contribution in [0.5, 0.6) is 0 Å². The lowest BCUT2D eigenvalue weighted by molar-refractivity contribution is 0.666. The highest BCUT2D eigenvalue weighted by atomic mass is 32.1. The molecule has 0 saturated carbocycles. The molecule has 1 nitrogen and oxygen atoms in total. The van der Waals surface area contributed by atoms with Crippen LogP contribution in [-0.4, -0.2) is 4.57 Å². The van der Waals surface area contributed by atoms with E-state index in [0.29, 0.717) is 0 Å². The number of hydrogen-bond acceptors (Lipinski definition) is 1. The highest BCUT2D eigenvalue weighted by Crippen LogP contribution is 2.54. The van der Waals surface area contributed by atoms with E-state index in [1.165, 1.54) is 87.7 Å². The van der Waals surface area contributed by atoms with Crippen LogP contribution in [-0.2, 0) is 11.8 Å². The molecule has 0 radical (unpaired) electrons. The van der Waals surface area contributed by atoms with Gasteiger partial charge in [0.1, 0.15) is 0 Å². The van der Waals surface area contributed by atoms with Crippen LogP contribution in [0, 0.1) is 0 Å². The van der Waals surface area contributed by atoms with Crippen LogP contribution in [0.2, 0.25) is 0 Å². The second kappa shape index (κ2) is 11.1. The first kappa shape index (κ1) is 29.2. The van der Waals surface area contributed by atoms with Gasteiger partial charge in [-0.2, -0.15) is 0 Å². The van der Waals surface area contributed by atoms with E-state index in [0.717, 1.165) is 25.7 Å². The monoisotopic (exact) mass is 637 g/mol. The van der Waals surface area contributed by atoms with E-state index in [-0.39, 0.29) is 5.41 Å². The summed E-state index contributed by atoms with van der Waals surface area (Å²) in [5, 5.41) is 4.03. The molecule has 0 aliphatic heterocycles. The molecule has 2 heterocycles. The molecule has 3 aliphatic rings. The summed E-state index contributed by atoms with van der Waals surface area (Å²) in [6, 6.07) is 25.9. The van der Waals surface area contributed by atoms with Crippen molar-refractivity contribution in [2.24, 2.45) is 0 Å². The van der Waals surface area contributed by atoms with E-state index < -0.39 is 0 Å². The standard InChI is InChI=1S/C46H39NS/c1-5-12-29(13-6-2)30-19-23-40-37(26-30)38-27-31(20-24-41(38)47(40)33-14-8-7-9-15-33)32-18-21-34-35-22-25-43-44(36-16-10-11-17-42(36)48-43)45(35)46(3,4)39(34)28-32/h5-6,8,10,12-16,18-28H,1,7,9,11,17H2,2-4H3/b13-6-,29-12+. The first-order valence-electron chi connectivity index (χ1n) is 17.3. The van der Waals surface area contributed by atoms with Gasteiger partial charge in [-0.05, 0) is 125 Å². The van der Waals surface area contributed by atoms with Crippen LogP contribution in [0.4, 0.5) is 0 Å². The van der Waals surface area contributed by atoms with Crippen molar-refractivity contribution in [3.63, 3.8) is 0 Å². The predicted molar refractivity (Wildman–Crippen MR) is 211 cm³/mol. The third-order valence-electron chi connectivity index (χ3n) is 10.7. The van der Waals surface area contributed by atoms with Crippen LogP contribution in [0.3, 0.4) is 0 Å². The summed E-state index contributed by atoms with van der Waals surface area (Å²) < 4.78 is 3.88. The van der Waals surface area contributed by atoms with E-state index in [1.807, 2.05) is 17.4 Å². The normalized spacial score (nSPS) is 16.6. The molecule has 0 spiro atoms. The Morgan fingerprint density at radius 2 is 1.60 bits per heavy atom. The van der Waals surface area contributed by atoms with Gasteiger partial charge in [0.05, 0.1) is 11.0 Å². The van der Waals surface area contributed by atoms with Crippen molar-refractivity contribution in [1.29, 1.82) is 0 Å².